The van der Waals surface area contributed by atoms with Crippen LogP contribution in [0, 0.1) is 0 Å². The zero-order valence-electron chi connectivity index (χ0n) is 22.7. The minimum atomic E-state index is -1.30. The molecule has 0 fully saturated rings. The molecule has 0 aliphatic carbocycles. The SMILES string of the molecule is COc1ccc([C@H]2Oc3c(CC=C(C)C)c4c(c(OC(C)=O)c3C(=O)[C@@H]2OC(C)=O)C=CC(C)(C)O4)cc1. The molecule has 0 radical (unpaired) electrons. The van der Waals surface area contributed by atoms with Crippen LogP contribution in [0.4, 0.5) is 0 Å². The van der Waals surface area contributed by atoms with Gasteiger partial charge < -0.3 is 23.7 Å². The smallest absolute Gasteiger partial charge is 0.308 e. The molecule has 38 heavy (non-hydrogen) atoms. The monoisotopic (exact) mass is 520 g/mol. The van der Waals surface area contributed by atoms with Crippen molar-refractivity contribution in [3.8, 4) is 23.0 Å². The Morgan fingerprint density at radius 2 is 1.71 bits per heavy atom. The van der Waals surface area contributed by atoms with E-state index in [4.69, 9.17) is 23.7 Å². The average molecular weight is 521 g/mol. The van der Waals surface area contributed by atoms with E-state index < -0.39 is 35.5 Å². The van der Waals surface area contributed by atoms with Gasteiger partial charge in [0, 0.05) is 19.4 Å². The average Bonchev–Trinajstić information content (AvgIpc) is 2.83. The number of hydrogen-bond donors (Lipinski definition) is 0. The summed E-state index contributed by atoms with van der Waals surface area (Å²) in [5.41, 5.74) is 2.16. The molecular formula is C30H32O8. The van der Waals surface area contributed by atoms with Crippen LogP contribution >= 0.6 is 0 Å². The predicted octanol–water partition coefficient (Wildman–Crippen LogP) is 5.56. The Morgan fingerprint density at radius 3 is 2.29 bits per heavy atom. The fourth-order valence-electron chi connectivity index (χ4n) is 4.50. The first-order valence-corrected chi connectivity index (χ1v) is 12.4. The third-order valence-electron chi connectivity index (χ3n) is 6.23. The Balaban J connectivity index is 2.02. The number of carbonyl (C=O) groups excluding carboxylic acids is 3. The van der Waals surface area contributed by atoms with Crippen molar-refractivity contribution >= 4 is 23.8 Å². The van der Waals surface area contributed by atoms with Gasteiger partial charge >= 0.3 is 11.9 Å². The van der Waals surface area contributed by atoms with Crippen LogP contribution in [0.2, 0.25) is 0 Å². The molecule has 8 nitrogen and oxygen atoms in total. The highest BCUT2D eigenvalue weighted by atomic mass is 16.6. The summed E-state index contributed by atoms with van der Waals surface area (Å²) in [5, 5.41) is 0. The van der Waals surface area contributed by atoms with Gasteiger partial charge in [-0.05, 0) is 64.0 Å². The molecule has 200 valence electrons. The molecule has 2 aromatic rings. The second-order valence-corrected chi connectivity index (χ2v) is 10.1. The van der Waals surface area contributed by atoms with Crippen LogP contribution in [0.15, 0.2) is 42.0 Å². The highest BCUT2D eigenvalue weighted by Crippen LogP contribution is 2.52. The van der Waals surface area contributed by atoms with E-state index in [1.807, 2.05) is 39.8 Å². The molecule has 0 N–H and O–H groups in total. The summed E-state index contributed by atoms with van der Waals surface area (Å²) in [5.74, 6) is -0.439. The summed E-state index contributed by atoms with van der Waals surface area (Å²) in [6.45, 7) is 10.2. The number of carbonyl (C=O) groups is 3. The van der Waals surface area contributed by atoms with Crippen molar-refractivity contribution in [1.29, 1.82) is 0 Å². The fraction of sp³-hybridized carbons (Fsp3) is 0.367. The van der Waals surface area contributed by atoms with Crippen molar-refractivity contribution in [2.75, 3.05) is 7.11 Å². The van der Waals surface area contributed by atoms with E-state index in [1.165, 1.54) is 13.8 Å². The largest absolute Gasteiger partial charge is 0.497 e. The molecule has 0 aromatic heterocycles. The molecule has 0 amide bonds. The molecule has 2 heterocycles. The van der Waals surface area contributed by atoms with Crippen LogP contribution < -0.4 is 18.9 Å². The van der Waals surface area contributed by atoms with Gasteiger partial charge in [0.25, 0.3) is 0 Å². The molecule has 0 spiro atoms. The first-order chi connectivity index (χ1) is 17.9. The van der Waals surface area contributed by atoms with Crippen molar-refractivity contribution in [2.24, 2.45) is 0 Å². The van der Waals surface area contributed by atoms with Gasteiger partial charge in [0.1, 0.15) is 28.4 Å². The van der Waals surface area contributed by atoms with Crippen LogP contribution in [0.5, 0.6) is 23.0 Å². The predicted molar refractivity (Wildman–Crippen MR) is 141 cm³/mol. The molecule has 2 atom stereocenters. The maximum atomic E-state index is 14.1. The van der Waals surface area contributed by atoms with E-state index in [0.29, 0.717) is 34.6 Å². The van der Waals surface area contributed by atoms with Gasteiger partial charge in [-0.3, -0.25) is 14.4 Å². The number of allylic oxidation sites excluding steroid dienone is 2. The van der Waals surface area contributed by atoms with Crippen LogP contribution in [0.3, 0.4) is 0 Å². The maximum Gasteiger partial charge on any atom is 0.308 e. The van der Waals surface area contributed by atoms with Gasteiger partial charge in [-0.25, -0.2) is 0 Å². The minimum absolute atomic E-state index is 0.0190. The zero-order valence-corrected chi connectivity index (χ0v) is 22.7. The number of ether oxygens (including phenoxy) is 5. The Kier molecular flexibility index (Phi) is 7.35. The van der Waals surface area contributed by atoms with Crippen molar-refractivity contribution in [3.05, 3.63) is 64.2 Å². The molecule has 4 rings (SSSR count). The lowest BCUT2D eigenvalue weighted by Crippen LogP contribution is -2.41. The molecule has 0 saturated carbocycles. The number of esters is 2. The van der Waals surface area contributed by atoms with Crippen molar-refractivity contribution < 1.29 is 38.1 Å². The lowest BCUT2D eigenvalue weighted by molar-refractivity contribution is -0.149. The molecule has 0 saturated heterocycles. The quantitative estimate of drug-likeness (QED) is 0.277. The highest BCUT2D eigenvalue weighted by Gasteiger charge is 2.46. The molecule has 0 bridgehead atoms. The molecule has 0 unspecified atom stereocenters. The molecule has 8 heteroatoms. The molecule has 2 aliphatic heterocycles. The third kappa shape index (κ3) is 5.30. The van der Waals surface area contributed by atoms with Crippen molar-refractivity contribution in [2.45, 2.75) is 65.8 Å². The standard InChI is InChI=1S/C30H32O8/c1-16(2)8-13-21-26-22(14-15-30(5,6)38-26)27(35-17(3)31)23-24(33)29(36-18(4)32)25(37-28(21)23)19-9-11-20(34-7)12-10-19/h8-12,14-15,25,29H,13H2,1-7H3/t25-,29+/m1/s1. The highest BCUT2D eigenvalue weighted by molar-refractivity contribution is 6.09. The maximum absolute atomic E-state index is 14.1. The number of benzene rings is 2. The first-order valence-electron chi connectivity index (χ1n) is 12.4. The van der Waals surface area contributed by atoms with Gasteiger partial charge in [-0.15, -0.1) is 0 Å². The van der Waals surface area contributed by atoms with Gasteiger partial charge in [-0.2, -0.15) is 0 Å². The topological polar surface area (TPSA) is 97.4 Å². The zero-order chi connectivity index (χ0) is 27.8. The van der Waals surface area contributed by atoms with E-state index in [0.717, 1.165) is 5.57 Å². The van der Waals surface area contributed by atoms with Gasteiger partial charge in [0.2, 0.25) is 11.9 Å². The molecule has 2 aliphatic rings. The first kappa shape index (κ1) is 27.0. The van der Waals surface area contributed by atoms with Gasteiger partial charge in [-0.1, -0.05) is 23.8 Å². The van der Waals surface area contributed by atoms with Crippen molar-refractivity contribution in [1.82, 2.24) is 0 Å². The van der Waals surface area contributed by atoms with E-state index in [9.17, 15) is 14.4 Å². The molecular weight excluding hydrogens is 488 g/mol. The summed E-state index contributed by atoms with van der Waals surface area (Å²) < 4.78 is 29.3. The second-order valence-electron chi connectivity index (χ2n) is 10.1. The van der Waals surface area contributed by atoms with Crippen LogP contribution in [-0.2, 0) is 20.7 Å². The second kappa shape index (κ2) is 10.4. The van der Waals surface area contributed by atoms with Gasteiger partial charge in [0.15, 0.2) is 11.9 Å². The van der Waals surface area contributed by atoms with Crippen LogP contribution in [0.1, 0.15) is 74.7 Å². The Morgan fingerprint density at radius 1 is 1.03 bits per heavy atom. The summed E-state index contributed by atoms with van der Waals surface area (Å²) in [6, 6.07) is 6.98. The molecule has 2 aromatic carbocycles. The summed E-state index contributed by atoms with van der Waals surface area (Å²) in [7, 11) is 1.55. The Labute approximate surface area is 222 Å². The lowest BCUT2D eigenvalue weighted by Gasteiger charge is -2.37. The summed E-state index contributed by atoms with van der Waals surface area (Å²) in [6.07, 6.45) is 3.76. The number of ketones is 1. The minimum Gasteiger partial charge on any atom is -0.497 e. The van der Waals surface area contributed by atoms with E-state index in [-0.39, 0.29) is 17.1 Å². The summed E-state index contributed by atoms with van der Waals surface area (Å²) in [4.78, 5) is 38.4. The Bertz CT molecular complexity index is 1340. The lowest BCUT2D eigenvalue weighted by atomic mass is 9.86. The van der Waals surface area contributed by atoms with Crippen molar-refractivity contribution in [3.63, 3.8) is 0 Å². The normalized spacial score (nSPS) is 18.8. The van der Waals surface area contributed by atoms with Crippen LogP contribution in [-0.4, -0.2) is 36.5 Å². The summed E-state index contributed by atoms with van der Waals surface area (Å²) >= 11 is 0. The number of Topliss-reactive ketones (excluding diaryl/α,β-unsaturated/α-hetero) is 1. The van der Waals surface area contributed by atoms with Crippen LogP contribution in [0.25, 0.3) is 6.08 Å². The number of hydrogen-bond acceptors (Lipinski definition) is 8. The fourth-order valence-corrected chi connectivity index (χ4v) is 4.50. The number of fused-ring (bicyclic) bond motifs is 2. The third-order valence-corrected chi connectivity index (χ3v) is 6.23. The van der Waals surface area contributed by atoms with Gasteiger partial charge in [0.05, 0.1) is 12.7 Å². The van der Waals surface area contributed by atoms with E-state index in [2.05, 4.69) is 0 Å². The van der Waals surface area contributed by atoms with E-state index in [1.54, 1.807) is 37.5 Å². The number of methoxy groups -OCH3 is 1. The number of rotatable bonds is 6. The Hall–Kier alpha value is -4.07. The van der Waals surface area contributed by atoms with E-state index >= 15 is 0 Å².